The summed E-state index contributed by atoms with van der Waals surface area (Å²) < 4.78 is 180. The van der Waals surface area contributed by atoms with E-state index in [-0.39, 0.29) is 6.42 Å². The van der Waals surface area contributed by atoms with Gasteiger partial charge in [-0.05, 0) is 12.0 Å². The summed E-state index contributed by atoms with van der Waals surface area (Å²) in [5.74, 6) is -37.3. The first-order chi connectivity index (χ1) is 14.8. The van der Waals surface area contributed by atoms with Crippen LogP contribution in [0.25, 0.3) is 0 Å². The summed E-state index contributed by atoms with van der Waals surface area (Å²) in [6, 6.07) is 4.50. The second kappa shape index (κ2) is 9.87. The molecule has 1 unspecified atom stereocenters. The molecule has 1 aromatic carbocycles. The maximum absolute atomic E-state index is 14.6. The van der Waals surface area contributed by atoms with E-state index in [1.54, 1.807) is 6.92 Å². The fourth-order valence-electron chi connectivity index (χ4n) is 2.71. The van der Waals surface area contributed by atoms with E-state index >= 15 is 0 Å². The lowest BCUT2D eigenvalue weighted by molar-refractivity contribution is -0.445. The summed E-state index contributed by atoms with van der Waals surface area (Å²) in [4.78, 5) is 0. The van der Waals surface area contributed by atoms with Crippen LogP contribution >= 0.6 is 0 Å². The first kappa shape index (κ1) is 29.3. The summed E-state index contributed by atoms with van der Waals surface area (Å²) >= 11 is 0. The molecule has 0 aliphatic rings. The summed E-state index contributed by atoms with van der Waals surface area (Å²) in [7, 11) is 0. The van der Waals surface area contributed by atoms with Crippen molar-refractivity contribution in [1.29, 1.82) is 0 Å². The molecule has 33 heavy (non-hydrogen) atoms. The molecule has 0 heterocycles. The number of benzene rings is 1. The van der Waals surface area contributed by atoms with Crippen LogP contribution in [0.2, 0.25) is 0 Å². The summed E-state index contributed by atoms with van der Waals surface area (Å²) in [5.41, 5.74) is -0.917. The largest absolute Gasteiger partial charge is 0.460 e. The van der Waals surface area contributed by atoms with Crippen molar-refractivity contribution in [3.05, 3.63) is 35.9 Å². The quantitative estimate of drug-likeness (QED) is 0.204. The normalized spacial score (nSPS) is 15.6. The molecule has 0 fully saturated rings. The van der Waals surface area contributed by atoms with E-state index in [0.717, 1.165) is 12.1 Å². The zero-order chi connectivity index (χ0) is 25.9. The number of hydrogen-bond donors (Lipinski definition) is 0. The predicted octanol–water partition coefficient (Wildman–Crippen LogP) is 8.06. The smallest absolute Gasteiger partial charge is 0.367 e. The van der Waals surface area contributed by atoms with Crippen LogP contribution in [0, 0.1) is 0 Å². The highest BCUT2D eigenvalue weighted by Gasteiger charge is 2.91. The van der Waals surface area contributed by atoms with Gasteiger partial charge in [0.15, 0.2) is 6.10 Å². The molecule has 192 valence electrons. The molecule has 1 aromatic rings. The Morgan fingerprint density at radius 3 is 1.58 bits per heavy atom. The van der Waals surface area contributed by atoms with Gasteiger partial charge in [-0.15, -0.1) is 0 Å². The van der Waals surface area contributed by atoms with Gasteiger partial charge in [-0.25, -0.2) is 0 Å². The molecule has 0 spiro atoms. The minimum Gasteiger partial charge on any atom is -0.367 e. The Morgan fingerprint density at radius 2 is 1.12 bits per heavy atom. The Bertz CT molecular complexity index is 744. The van der Waals surface area contributed by atoms with Crippen LogP contribution in [-0.2, 0) is 4.74 Å². The lowest BCUT2D eigenvalue weighted by Crippen LogP contribution is -2.70. The fraction of sp³-hybridized carbons (Fsp3) is 0.684. The SMILES string of the molecule is CCCCCCOC(c1ccccc1)C(F)(F)C(F)(F)C(F)(F)C(F)(F)C(F)(F)C(F)(F)F. The van der Waals surface area contributed by atoms with Crippen LogP contribution in [0.3, 0.4) is 0 Å². The molecule has 0 radical (unpaired) electrons. The number of halogens is 13. The summed E-state index contributed by atoms with van der Waals surface area (Å²) in [5, 5.41) is 0. The van der Waals surface area contributed by atoms with Gasteiger partial charge in [0.25, 0.3) is 0 Å². The molecule has 14 heteroatoms. The highest BCUT2D eigenvalue weighted by Crippen LogP contribution is 2.62. The predicted molar refractivity (Wildman–Crippen MR) is 90.1 cm³/mol. The second-order valence-corrected chi connectivity index (χ2v) is 7.14. The molecule has 1 rings (SSSR count). The van der Waals surface area contributed by atoms with E-state index in [2.05, 4.69) is 4.74 Å². The minimum atomic E-state index is -7.94. The Kier molecular flexibility index (Phi) is 8.76. The van der Waals surface area contributed by atoms with E-state index < -0.39 is 54.1 Å². The van der Waals surface area contributed by atoms with Crippen LogP contribution in [0.5, 0.6) is 0 Å². The van der Waals surface area contributed by atoms with Crippen molar-refractivity contribution < 1.29 is 61.8 Å². The lowest BCUT2D eigenvalue weighted by Gasteiger charge is -2.41. The van der Waals surface area contributed by atoms with E-state index in [1.807, 2.05) is 0 Å². The number of hydrogen-bond acceptors (Lipinski definition) is 1. The van der Waals surface area contributed by atoms with Crippen LogP contribution in [0.4, 0.5) is 57.1 Å². The molecule has 0 saturated heterocycles. The van der Waals surface area contributed by atoms with Gasteiger partial charge in [0.1, 0.15) is 0 Å². The monoisotopic (exact) mass is 510 g/mol. The molecule has 0 N–H and O–H groups in total. The number of alkyl halides is 13. The summed E-state index contributed by atoms with van der Waals surface area (Å²) in [6.07, 6.45) is -9.34. The first-order valence-electron chi connectivity index (χ1n) is 9.43. The maximum Gasteiger partial charge on any atom is 0.460 e. The lowest BCUT2D eigenvalue weighted by atomic mass is 9.89. The van der Waals surface area contributed by atoms with Gasteiger partial charge in [-0.1, -0.05) is 56.5 Å². The van der Waals surface area contributed by atoms with Crippen LogP contribution in [-0.4, -0.2) is 42.4 Å². The molecule has 0 aliphatic carbocycles. The van der Waals surface area contributed by atoms with Crippen LogP contribution < -0.4 is 0 Å². The van der Waals surface area contributed by atoms with Crippen LogP contribution in [0.15, 0.2) is 30.3 Å². The van der Waals surface area contributed by atoms with Crippen molar-refractivity contribution >= 4 is 0 Å². The van der Waals surface area contributed by atoms with Crippen molar-refractivity contribution in [2.45, 2.75) is 74.5 Å². The molecular formula is C19H19F13O. The van der Waals surface area contributed by atoms with Crippen molar-refractivity contribution in [2.24, 2.45) is 0 Å². The van der Waals surface area contributed by atoms with Crippen molar-refractivity contribution in [3.63, 3.8) is 0 Å². The minimum absolute atomic E-state index is 0.0441. The Balaban J connectivity index is 3.47. The zero-order valence-electron chi connectivity index (χ0n) is 16.8. The van der Waals surface area contributed by atoms with Gasteiger partial charge in [0.2, 0.25) is 0 Å². The van der Waals surface area contributed by atoms with E-state index in [0.29, 0.717) is 31.4 Å². The van der Waals surface area contributed by atoms with Gasteiger partial charge in [0.05, 0.1) is 0 Å². The van der Waals surface area contributed by atoms with Gasteiger partial charge >= 0.3 is 35.8 Å². The molecule has 0 aliphatic heterocycles. The highest BCUT2D eigenvalue weighted by atomic mass is 19.4. The standard InChI is InChI=1S/C19H19F13O/c1-2-3-4-8-11-33-13(12-9-6-5-7-10-12)14(20,21)15(22,23)16(24,25)17(26,27)18(28,29)19(30,31)32/h5-7,9-10,13H,2-4,8,11H2,1H3. The van der Waals surface area contributed by atoms with Gasteiger partial charge < -0.3 is 4.74 Å². The van der Waals surface area contributed by atoms with Crippen molar-refractivity contribution in [1.82, 2.24) is 0 Å². The molecule has 1 atom stereocenters. The Hall–Kier alpha value is -1.73. The molecule has 0 amide bonds. The number of ether oxygens (including phenoxy) is 1. The number of unbranched alkanes of at least 4 members (excludes halogenated alkanes) is 3. The highest BCUT2D eigenvalue weighted by molar-refractivity contribution is 5.23. The van der Waals surface area contributed by atoms with Crippen molar-refractivity contribution in [3.8, 4) is 0 Å². The zero-order valence-corrected chi connectivity index (χ0v) is 16.8. The average Bonchev–Trinajstić information content (AvgIpc) is 2.69. The molecular weight excluding hydrogens is 491 g/mol. The van der Waals surface area contributed by atoms with Crippen molar-refractivity contribution in [2.75, 3.05) is 6.61 Å². The van der Waals surface area contributed by atoms with E-state index in [1.165, 1.54) is 6.07 Å². The maximum atomic E-state index is 14.6. The van der Waals surface area contributed by atoms with E-state index in [9.17, 15) is 57.1 Å². The third-order valence-corrected chi connectivity index (χ3v) is 4.67. The first-order valence-corrected chi connectivity index (χ1v) is 9.43. The van der Waals surface area contributed by atoms with Gasteiger partial charge in [-0.2, -0.15) is 57.1 Å². The number of rotatable bonds is 12. The Labute approximate surface area is 179 Å². The average molecular weight is 510 g/mol. The third kappa shape index (κ3) is 5.19. The molecule has 0 saturated carbocycles. The van der Waals surface area contributed by atoms with Gasteiger partial charge in [-0.3, -0.25) is 0 Å². The molecule has 0 aromatic heterocycles. The third-order valence-electron chi connectivity index (χ3n) is 4.67. The molecule has 0 bridgehead atoms. The van der Waals surface area contributed by atoms with Crippen LogP contribution in [0.1, 0.15) is 44.3 Å². The Morgan fingerprint density at radius 1 is 0.636 bits per heavy atom. The summed E-state index contributed by atoms with van der Waals surface area (Å²) in [6.45, 7) is 1.01. The second-order valence-electron chi connectivity index (χ2n) is 7.14. The topological polar surface area (TPSA) is 9.23 Å². The van der Waals surface area contributed by atoms with E-state index in [4.69, 9.17) is 0 Å². The van der Waals surface area contributed by atoms with Gasteiger partial charge in [0, 0.05) is 6.61 Å². The fourth-order valence-corrected chi connectivity index (χ4v) is 2.71. The molecule has 1 nitrogen and oxygen atoms in total.